The van der Waals surface area contributed by atoms with E-state index in [1.165, 1.54) is 0 Å². The molecule has 0 aliphatic carbocycles. The summed E-state index contributed by atoms with van der Waals surface area (Å²) in [5.74, 6) is -0.913. The Kier molecular flexibility index (Phi) is 6.85. The zero-order chi connectivity index (χ0) is 22.6. The van der Waals surface area contributed by atoms with Gasteiger partial charge in [-0.3, -0.25) is 4.79 Å². The molecule has 0 saturated carbocycles. The number of hydrogen-bond donors (Lipinski definition) is 2. The van der Waals surface area contributed by atoms with Gasteiger partial charge >= 0.3 is 5.97 Å². The Labute approximate surface area is 189 Å². The lowest BCUT2D eigenvalue weighted by molar-refractivity contribution is -0.139. The number of benzene rings is 2. The molecule has 1 heterocycles. The minimum Gasteiger partial charge on any atom is -0.480 e. The molecule has 1 aromatic heterocycles. The number of nitrogens with one attached hydrogen (secondary N) is 1. The van der Waals surface area contributed by atoms with E-state index < -0.39 is 17.9 Å². The van der Waals surface area contributed by atoms with Gasteiger partial charge in [-0.05, 0) is 44.6 Å². The van der Waals surface area contributed by atoms with Crippen molar-refractivity contribution in [1.82, 2.24) is 15.3 Å². The molecule has 6 nitrogen and oxygen atoms in total. The molecular weight excluding hydrogens is 458 g/mol. The van der Waals surface area contributed by atoms with E-state index >= 15 is 0 Å². The normalized spacial score (nSPS) is 12.3. The minimum atomic E-state index is -1.08. The predicted octanol–water partition coefficient (Wildman–Crippen LogP) is 4.63. The highest BCUT2D eigenvalue weighted by Gasteiger charge is 2.22. The lowest BCUT2D eigenvalue weighted by Crippen LogP contribution is -2.42. The Morgan fingerprint density at radius 3 is 2.10 bits per heavy atom. The number of carboxylic acids is 1. The highest BCUT2D eigenvalue weighted by atomic mass is 79.9. The first-order valence-electron chi connectivity index (χ1n) is 9.84. The molecule has 2 aromatic carbocycles. The maximum Gasteiger partial charge on any atom is 0.326 e. The van der Waals surface area contributed by atoms with E-state index in [4.69, 9.17) is 0 Å². The molecule has 0 fully saturated rings. The SMILES string of the molecule is CC(C)(C)c1ccc(C(=O)NC(Cc2ccc(-c3ncc(Br)cn3)cc2)C(=O)O)cc1. The molecule has 0 aliphatic heterocycles. The molecule has 31 heavy (non-hydrogen) atoms. The average molecular weight is 482 g/mol. The summed E-state index contributed by atoms with van der Waals surface area (Å²) in [6.45, 7) is 6.28. The molecule has 0 saturated heterocycles. The average Bonchev–Trinajstić information content (AvgIpc) is 2.74. The van der Waals surface area contributed by atoms with Crippen LogP contribution in [-0.2, 0) is 16.6 Å². The molecular formula is C24H24BrN3O3. The maximum absolute atomic E-state index is 12.6. The van der Waals surface area contributed by atoms with E-state index in [1.807, 2.05) is 36.4 Å². The highest BCUT2D eigenvalue weighted by molar-refractivity contribution is 9.10. The number of carbonyl (C=O) groups excluding carboxylic acids is 1. The maximum atomic E-state index is 12.6. The second-order valence-electron chi connectivity index (χ2n) is 8.32. The van der Waals surface area contributed by atoms with Crippen LogP contribution in [0.15, 0.2) is 65.4 Å². The van der Waals surface area contributed by atoms with Crippen LogP contribution in [0.1, 0.15) is 42.3 Å². The summed E-state index contributed by atoms with van der Waals surface area (Å²) in [6, 6.07) is 13.5. The van der Waals surface area contributed by atoms with E-state index in [9.17, 15) is 14.7 Å². The van der Waals surface area contributed by atoms with Crippen LogP contribution in [0.5, 0.6) is 0 Å². The third-order valence-electron chi connectivity index (χ3n) is 4.89. The van der Waals surface area contributed by atoms with Crippen LogP contribution in [0.4, 0.5) is 0 Å². The Hall–Kier alpha value is -3.06. The summed E-state index contributed by atoms with van der Waals surface area (Å²) in [7, 11) is 0. The quantitative estimate of drug-likeness (QED) is 0.535. The van der Waals surface area contributed by atoms with Gasteiger partial charge < -0.3 is 10.4 Å². The molecule has 0 aliphatic rings. The molecule has 0 bridgehead atoms. The van der Waals surface area contributed by atoms with Gasteiger partial charge in [-0.25, -0.2) is 14.8 Å². The number of nitrogens with zero attached hydrogens (tertiary/aromatic N) is 2. The van der Waals surface area contributed by atoms with E-state index in [1.54, 1.807) is 24.5 Å². The molecule has 3 aromatic rings. The first kappa shape index (κ1) is 22.6. The van der Waals surface area contributed by atoms with Crippen molar-refractivity contribution in [2.24, 2.45) is 0 Å². The number of rotatable bonds is 6. The lowest BCUT2D eigenvalue weighted by Gasteiger charge is -2.19. The van der Waals surface area contributed by atoms with Gasteiger partial charge in [0.15, 0.2) is 5.82 Å². The van der Waals surface area contributed by atoms with Gasteiger partial charge in [0, 0.05) is 29.9 Å². The van der Waals surface area contributed by atoms with Crippen molar-refractivity contribution in [1.29, 1.82) is 0 Å². The van der Waals surface area contributed by atoms with Crippen LogP contribution in [0.3, 0.4) is 0 Å². The number of aliphatic carboxylic acids is 1. The number of amides is 1. The van der Waals surface area contributed by atoms with Gasteiger partial charge in [-0.1, -0.05) is 57.2 Å². The van der Waals surface area contributed by atoms with Gasteiger partial charge in [-0.2, -0.15) is 0 Å². The molecule has 0 spiro atoms. The van der Waals surface area contributed by atoms with Crippen molar-refractivity contribution < 1.29 is 14.7 Å². The third kappa shape index (κ3) is 5.98. The van der Waals surface area contributed by atoms with Crippen LogP contribution in [-0.4, -0.2) is 33.0 Å². The Bertz CT molecular complexity index is 1060. The molecule has 0 radical (unpaired) electrons. The van der Waals surface area contributed by atoms with E-state index in [0.29, 0.717) is 11.4 Å². The van der Waals surface area contributed by atoms with Crippen LogP contribution in [0.2, 0.25) is 0 Å². The minimum absolute atomic E-state index is 0.0218. The van der Waals surface area contributed by atoms with Gasteiger partial charge in [0.05, 0.1) is 4.47 Å². The van der Waals surface area contributed by atoms with Crippen molar-refractivity contribution in [2.75, 3.05) is 0 Å². The molecule has 1 atom stereocenters. The lowest BCUT2D eigenvalue weighted by atomic mass is 9.86. The number of carbonyl (C=O) groups is 2. The van der Waals surface area contributed by atoms with Crippen molar-refractivity contribution in [3.05, 3.63) is 82.1 Å². The van der Waals surface area contributed by atoms with Crippen molar-refractivity contribution in [3.8, 4) is 11.4 Å². The summed E-state index contributed by atoms with van der Waals surface area (Å²) < 4.78 is 0.793. The second kappa shape index (κ2) is 9.39. The number of hydrogen-bond acceptors (Lipinski definition) is 4. The van der Waals surface area contributed by atoms with Gasteiger partial charge in [0.1, 0.15) is 6.04 Å². The first-order chi connectivity index (χ1) is 14.6. The zero-order valence-electron chi connectivity index (χ0n) is 17.6. The van der Waals surface area contributed by atoms with Crippen LogP contribution in [0, 0.1) is 0 Å². The largest absolute Gasteiger partial charge is 0.480 e. The Morgan fingerprint density at radius 1 is 1.00 bits per heavy atom. The molecule has 2 N–H and O–H groups in total. The molecule has 160 valence electrons. The summed E-state index contributed by atoms with van der Waals surface area (Å²) in [5.41, 5.74) is 3.13. The summed E-state index contributed by atoms with van der Waals surface area (Å²) in [4.78, 5) is 32.8. The smallest absolute Gasteiger partial charge is 0.326 e. The van der Waals surface area contributed by atoms with Crippen LogP contribution < -0.4 is 5.32 Å². The van der Waals surface area contributed by atoms with Gasteiger partial charge in [-0.15, -0.1) is 0 Å². The first-order valence-corrected chi connectivity index (χ1v) is 10.6. The van der Waals surface area contributed by atoms with Crippen LogP contribution in [0.25, 0.3) is 11.4 Å². The standard InChI is InChI=1S/C24H24BrN3O3/c1-24(2,3)18-10-8-17(9-11-18)22(29)28-20(23(30)31)12-15-4-6-16(7-5-15)21-26-13-19(25)14-27-21/h4-11,13-14,20H,12H2,1-3H3,(H,28,29)(H,30,31). The summed E-state index contributed by atoms with van der Waals surface area (Å²) in [5, 5.41) is 12.2. The predicted molar refractivity (Wildman–Crippen MR) is 123 cm³/mol. The number of halogens is 1. The summed E-state index contributed by atoms with van der Waals surface area (Å²) >= 11 is 3.30. The fraction of sp³-hybridized carbons (Fsp3) is 0.250. The van der Waals surface area contributed by atoms with Crippen LogP contribution >= 0.6 is 15.9 Å². The summed E-state index contributed by atoms with van der Waals surface area (Å²) in [6.07, 6.45) is 3.50. The molecule has 1 unspecified atom stereocenters. The topological polar surface area (TPSA) is 92.2 Å². The third-order valence-corrected chi connectivity index (χ3v) is 5.30. The van der Waals surface area contributed by atoms with E-state index in [2.05, 4.69) is 52.0 Å². The van der Waals surface area contributed by atoms with Crippen molar-refractivity contribution in [2.45, 2.75) is 38.6 Å². The van der Waals surface area contributed by atoms with Crippen molar-refractivity contribution in [3.63, 3.8) is 0 Å². The fourth-order valence-electron chi connectivity index (χ4n) is 3.05. The Balaban J connectivity index is 1.69. The molecule has 3 rings (SSSR count). The van der Waals surface area contributed by atoms with E-state index in [0.717, 1.165) is 21.2 Å². The zero-order valence-corrected chi connectivity index (χ0v) is 19.2. The molecule has 1 amide bonds. The van der Waals surface area contributed by atoms with Gasteiger partial charge in [0.2, 0.25) is 0 Å². The number of aromatic nitrogens is 2. The highest BCUT2D eigenvalue weighted by Crippen LogP contribution is 2.22. The monoisotopic (exact) mass is 481 g/mol. The van der Waals surface area contributed by atoms with Gasteiger partial charge in [0.25, 0.3) is 5.91 Å². The van der Waals surface area contributed by atoms with Crippen molar-refractivity contribution >= 4 is 27.8 Å². The fourth-order valence-corrected chi connectivity index (χ4v) is 3.25. The second-order valence-corrected chi connectivity index (χ2v) is 9.23. The number of carboxylic acid groups (broad SMARTS) is 1. The molecule has 7 heteroatoms. The Morgan fingerprint density at radius 2 is 1.58 bits per heavy atom. The van der Waals surface area contributed by atoms with E-state index in [-0.39, 0.29) is 11.8 Å².